The number of nitro groups is 1. The van der Waals surface area contributed by atoms with Gasteiger partial charge in [0.05, 0.1) is 16.4 Å². The van der Waals surface area contributed by atoms with E-state index in [1.165, 1.54) is 36.3 Å². The van der Waals surface area contributed by atoms with Crippen LogP contribution in [0.2, 0.25) is 5.02 Å². The van der Waals surface area contributed by atoms with Gasteiger partial charge in [-0.3, -0.25) is 19.5 Å². The lowest BCUT2D eigenvalue weighted by molar-refractivity contribution is -0.384. The highest BCUT2D eigenvalue weighted by Gasteiger charge is 2.12. The Morgan fingerprint density at radius 2 is 2.08 bits per heavy atom. The molecule has 0 bridgehead atoms. The topological polar surface area (TPSA) is 103 Å². The van der Waals surface area contributed by atoms with Crippen molar-refractivity contribution in [2.75, 3.05) is 11.1 Å². The molecule has 26 heavy (non-hydrogen) atoms. The van der Waals surface area contributed by atoms with E-state index in [1.807, 2.05) is 6.07 Å². The van der Waals surface area contributed by atoms with Crippen molar-refractivity contribution in [3.05, 3.63) is 70.0 Å². The van der Waals surface area contributed by atoms with Crippen LogP contribution in [0.3, 0.4) is 0 Å². The molecule has 2 aromatic carbocycles. The number of hydrogen-bond acceptors (Lipinski definition) is 6. The standard InChI is InChI=1S/C16H12ClN5O3S/c17-11-3-1-5-13(7-11)21-10-18-20-16(21)26-9-15(23)19-12-4-2-6-14(8-12)22(24)25/h1-8,10H,9H2,(H,19,23). The number of anilines is 1. The van der Waals surface area contributed by atoms with Gasteiger partial charge < -0.3 is 5.32 Å². The summed E-state index contributed by atoms with van der Waals surface area (Å²) >= 11 is 7.19. The molecule has 8 nitrogen and oxygen atoms in total. The monoisotopic (exact) mass is 389 g/mol. The number of nitro benzene ring substituents is 1. The van der Waals surface area contributed by atoms with Crippen molar-refractivity contribution in [2.24, 2.45) is 0 Å². The van der Waals surface area contributed by atoms with E-state index in [4.69, 9.17) is 11.6 Å². The van der Waals surface area contributed by atoms with Gasteiger partial charge in [-0.05, 0) is 24.3 Å². The minimum Gasteiger partial charge on any atom is -0.325 e. The third kappa shape index (κ3) is 4.38. The van der Waals surface area contributed by atoms with E-state index < -0.39 is 4.92 Å². The normalized spacial score (nSPS) is 10.5. The average Bonchev–Trinajstić information content (AvgIpc) is 3.09. The molecule has 0 saturated heterocycles. The fourth-order valence-corrected chi connectivity index (χ4v) is 3.06. The van der Waals surface area contributed by atoms with Crippen LogP contribution in [0.25, 0.3) is 5.69 Å². The molecule has 3 rings (SSSR count). The second-order valence-electron chi connectivity index (χ2n) is 5.11. The largest absolute Gasteiger partial charge is 0.325 e. The number of benzene rings is 2. The van der Waals surface area contributed by atoms with Crippen molar-refractivity contribution in [3.8, 4) is 5.69 Å². The first-order valence-electron chi connectivity index (χ1n) is 7.36. The summed E-state index contributed by atoms with van der Waals surface area (Å²) in [6.45, 7) is 0. The Morgan fingerprint density at radius 1 is 1.27 bits per heavy atom. The molecular formula is C16H12ClN5O3S. The molecular weight excluding hydrogens is 378 g/mol. The third-order valence-electron chi connectivity index (χ3n) is 3.28. The maximum absolute atomic E-state index is 12.1. The summed E-state index contributed by atoms with van der Waals surface area (Å²) in [5, 5.41) is 22.4. The molecule has 10 heteroatoms. The highest BCUT2D eigenvalue weighted by atomic mass is 35.5. The molecule has 0 aliphatic rings. The molecule has 1 amide bonds. The SMILES string of the molecule is O=C(CSc1nncn1-c1cccc(Cl)c1)Nc1cccc([N+](=O)[O-])c1. The molecule has 1 aromatic heterocycles. The summed E-state index contributed by atoms with van der Waals surface area (Å²) in [5.41, 5.74) is 1.06. The average molecular weight is 390 g/mol. The lowest BCUT2D eigenvalue weighted by Gasteiger charge is -2.07. The van der Waals surface area contributed by atoms with Crippen LogP contribution < -0.4 is 5.32 Å². The van der Waals surface area contributed by atoms with Crippen LogP contribution >= 0.6 is 23.4 Å². The maximum Gasteiger partial charge on any atom is 0.271 e. The Bertz CT molecular complexity index is 962. The molecule has 1 N–H and O–H groups in total. The number of carbonyl (C=O) groups is 1. The van der Waals surface area contributed by atoms with Crippen LogP contribution in [0.15, 0.2) is 60.0 Å². The number of carbonyl (C=O) groups excluding carboxylic acids is 1. The summed E-state index contributed by atoms with van der Waals surface area (Å²) in [7, 11) is 0. The molecule has 0 spiro atoms. The highest BCUT2D eigenvalue weighted by Crippen LogP contribution is 2.22. The van der Waals surface area contributed by atoms with Gasteiger partial charge in [0.1, 0.15) is 6.33 Å². The summed E-state index contributed by atoms with van der Waals surface area (Å²) in [4.78, 5) is 22.4. The van der Waals surface area contributed by atoms with Gasteiger partial charge in [-0.1, -0.05) is 35.5 Å². The molecule has 3 aromatic rings. The zero-order chi connectivity index (χ0) is 18.5. The minimum atomic E-state index is -0.516. The number of non-ortho nitro benzene ring substituents is 1. The van der Waals surface area contributed by atoms with Crippen molar-refractivity contribution >= 4 is 40.6 Å². The lowest BCUT2D eigenvalue weighted by Crippen LogP contribution is -2.14. The van der Waals surface area contributed by atoms with Gasteiger partial charge in [0, 0.05) is 22.8 Å². The summed E-state index contributed by atoms with van der Waals surface area (Å²) in [6.07, 6.45) is 1.53. The number of thioether (sulfide) groups is 1. The third-order valence-corrected chi connectivity index (χ3v) is 4.45. The Kier molecular flexibility index (Phi) is 5.49. The quantitative estimate of drug-likeness (QED) is 0.393. The van der Waals surface area contributed by atoms with E-state index in [1.54, 1.807) is 28.8 Å². The van der Waals surface area contributed by atoms with E-state index in [9.17, 15) is 14.9 Å². The van der Waals surface area contributed by atoms with E-state index in [2.05, 4.69) is 15.5 Å². The van der Waals surface area contributed by atoms with Gasteiger partial charge in [0.25, 0.3) is 5.69 Å². The van der Waals surface area contributed by atoms with Gasteiger partial charge in [-0.25, -0.2) is 0 Å². The smallest absolute Gasteiger partial charge is 0.271 e. The number of hydrogen-bond donors (Lipinski definition) is 1. The Labute approximate surface area is 157 Å². The fourth-order valence-electron chi connectivity index (χ4n) is 2.15. The van der Waals surface area contributed by atoms with Crippen molar-refractivity contribution in [1.29, 1.82) is 0 Å². The molecule has 0 saturated carbocycles. The molecule has 132 valence electrons. The first kappa shape index (κ1) is 17.9. The van der Waals surface area contributed by atoms with Crippen LogP contribution in [-0.4, -0.2) is 31.3 Å². The first-order chi connectivity index (χ1) is 12.5. The zero-order valence-corrected chi connectivity index (χ0v) is 14.8. The van der Waals surface area contributed by atoms with Crippen molar-refractivity contribution in [2.45, 2.75) is 5.16 Å². The number of amides is 1. The van der Waals surface area contributed by atoms with Crippen LogP contribution in [-0.2, 0) is 4.79 Å². The maximum atomic E-state index is 12.1. The second-order valence-corrected chi connectivity index (χ2v) is 6.49. The molecule has 0 unspecified atom stereocenters. The van der Waals surface area contributed by atoms with Gasteiger partial charge in [-0.15, -0.1) is 10.2 Å². The summed E-state index contributed by atoms with van der Waals surface area (Å²) < 4.78 is 1.72. The van der Waals surface area contributed by atoms with Crippen LogP contribution in [0.1, 0.15) is 0 Å². The molecule has 0 atom stereocenters. The van der Waals surface area contributed by atoms with Crippen LogP contribution in [0.4, 0.5) is 11.4 Å². The van der Waals surface area contributed by atoms with Crippen LogP contribution in [0.5, 0.6) is 0 Å². The zero-order valence-electron chi connectivity index (χ0n) is 13.2. The highest BCUT2D eigenvalue weighted by molar-refractivity contribution is 7.99. The number of halogens is 1. The lowest BCUT2D eigenvalue weighted by atomic mass is 10.3. The van der Waals surface area contributed by atoms with Crippen LogP contribution in [0, 0.1) is 10.1 Å². The number of rotatable bonds is 6. The molecule has 0 aliphatic heterocycles. The van der Waals surface area contributed by atoms with Gasteiger partial charge in [0.2, 0.25) is 5.91 Å². The molecule has 0 aliphatic carbocycles. The minimum absolute atomic E-state index is 0.0714. The number of aromatic nitrogens is 3. The van der Waals surface area contributed by atoms with E-state index in [-0.39, 0.29) is 17.3 Å². The Morgan fingerprint density at radius 3 is 2.85 bits per heavy atom. The predicted molar refractivity (Wildman–Crippen MR) is 98.8 cm³/mol. The van der Waals surface area contributed by atoms with E-state index in [0.29, 0.717) is 15.9 Å². The van der Waals surface area contributed by atoms with E-state index >= 15 is 0 Å². The van der Waals surface area contributed by atoms with E-state index in [0.717, 1.165) is 5.69 Å². The number of nitrogens with zero attached hydrogens (tertiary/aromatic N) is 4. The Hall–Kier alpha value is -2.91. The van der Waals surface area contributed by atoms with Gasteiger partial charge in [0.15, 0.2) is 5.16 Å². The summed E-state index contributed by atoms with van der Waals surface area (Å²) in [6, 6.07) is 12.9. The second kappa shape index (κ2) is 7.98. The van der Waals surface area contributed by atoms with Crippen molar-refractivity contribution in [3.63, 3.8) is 0 Å². The Balaban J connectivity index is 1.65. The molecule has 0 radical (unpaired) electrons. The fraction of sp³-hybridized carbons (Fsp3) is 0.0625. The van der Waals surface area contributed by atoms with Gasteiger partial charge >= 0.3 is 0 Å². The summed E-state index contributed by atoms with van der Waals surface area (Å²) in [5.74, 6) is -0.238. The van der Waals surface area contributed by atoms with Crippen molar-refractivity contribution in [1.82, 2.24) is 14.8 Å². The van der Waals surface area contributed by atoms with Gasteiger partial charge in [-0.2, -0.15) is 0 Å². The van der Waals surface area contributed by atoms with Crippen molar-refractivity contribution < 1.29 is 9.72 Å². The molecule has 1 heterocycles. The molecule has 0 fully saturated rings. The predicted octanol–water partition coefficient (Wildman–Crippen LogP) is 3.56. The first-order valence-corrected chi connectivity index (χ1v) is 8.72. The number of nitrogens with one attached hydrogen (secondary N) is 1.